The number of methoxy groups -OCH3 is 2. The van der Waals surface area contributed by atoms with Gasteiger partial charge in [0, 0.05) is 30.5 Å². The molecule has 0 unspecified atom stereocenters. The maximum atomic E-state index is 13.9. The van der Waals surface area contributed by atoms with Crippen LogP contribution in [0.4, 0.5) is 4.79 Å². The molecule has 2 amide bonds. The molecule has 2 aliphatic heterocycles. The van der Waals surface area contributed by atoms with Crippen LogP contribution in [-0.2, 0) is 42.9 Å². The number of likely N-dealkylation sites (tertiary alicyclic amines) is 2. The molecule has 0 aliphatic carbocycles. The molecule has 392 valence electrons. The lowest BCUT2D eigenvalue weighted by Crippen LogP contribution is -2.44. The van der Waals surface area contributed by atoms with Gasteiger partial charge < -0.3 is 28.6 Å². The highest BCUT2D eigenvalue weighted by Gasteiger charge is 2.44. The number of ether oxygens (including phenoxy) is 5. The van der Waals surface area contributed by atoms with Crippen LogP contribution < -0.4 is 0 Å². The van der Waals surface area contributed by atoms with Crippen LogP contribution in [0.2, 0.25) is 0 Å². The molecule has 2 saturated heterocycles. The maximum absolute atomic E-state index is 13.9. The van der Waals surface area contributed by atoms with Gasteiger partial charge in [-0.05, 0) is 78.9 Å². The number of rotatable bonds is 12. The summed E-state index contributed by atoms with van der Waals surface area (Å²) in [5.41, 5.74) is 4.78. The monoisotopic (exact) mass is 1040 g/mol. The molecule has 0 N–H and O–H groups in total. The van der Waals surface area contributed by atoms with Gasteiger partial charge in [0.15, 0.2) is 0 Å². The Kier molecular flexibility index (Phi) is 22.0. The number of halogens is 1. The molecule has 8 rings (SSSR count). The smallest absolute Gasteiger partial charge is 0.411 e. The van der Waals surface area contributed by atoms with Gasteiger partial charge in [0.25, 0.3) is 0 Å². The highest BCUT2D eigenvalue weighted by atomic mass is 35.5. The van der Waals surface area contributed by atoms with Gasteiger partial charge in [0.1, 0.15) is 30.9 Å². The average Bonchev–Trinajstić information content (AvgIpc) is 4.08. The van der Waals surface area contributed by atoms with Crippen molar-refractivity contribution in [2.24, 2.45) is 0 Å². The number of esters is 2. The van der Waals surface area contributed by atoms with Crippen LogP contribution in [0.15, 0.2) is 182 Å². The van der Waals surface area contributed by atoms with Gasteiger partial charge in [-0.2, -0.15) is 0 Å². The second-order valence-corrected chi connectivity index (χ2v) is 19.1. The highest BCUT2D eigenvalue weighted by Crippen LogP contribution is 2.32. The van der Waals surface area contributed by atoms with Crippen LogP contribution in [0.3, 0.4) is 0 Å². The summed E-state index contributed by atoms with van der Waals surface area (Å²) in [6.07, 6.45) is -0.405. The lowest BCUT2D eigenvalue weighted by Gasteiger charge is -2.28. The van der Waals surface area contributed by atoms with Gasteiger partial charge in [-0.15, -0.1) is 0 Å². The van der Waals surface area contributed by atoms with E-state index < -0.39 is 41.6 Å². The number of carbonyl (C=O) groups excluding carboxylic acids is 5. The van der Waals surface area contributed by atoms with Crippen molar-refractivity contribution in [1.82, 2.24) is 9.80 Å². The quantitative estimate of drug-likeness (QED) is 0.0504. The normalized spacial score (nSPS) is 16.5. The third-order valence-electron chi connectivity index (χ3n) is 12.2. The third-order valence-corrected chi connectivity index (χ3v) is 12.4. The molecule has 0 aromatic heterocycles. The summed E-state index contributed by atoms with van der Waals surface area (Å²) in [5, 5.41) is -0.350. The summed E-state index contributed by atoms with van der Waals surface area (Å²) < 4.78 is 26.9. The lowest BCUT2D eigenvalue weighted by atomic mass is 9.90. The van der Waals surface area contributed by atoms with Gasteiger partial charge in [-0.25, -0.2) is 14.4 Å². The van der Waals surface area contributed by atoms with E-state index in [9.17, 15) is 24.0 Å². The molecule has 2 fully saturated rings. The molecular weight excluding hydrogens is 980 g/mol. The van der Waals surface area contributed by atoms with Crippen molar-refractivity contribution in [3.05, 3.63) is 215 Å². The third kappa shape index (κ3) is 17.3. The molecule has 6 aromatic carbocycles. The molecule has 76 heavy (non-hydrogen) atoms. The first-order chi connectivity index (χ1) is 36.8. The Bertz CT molecular complexity index is 2840. The zero-order valence-electron chi connectivity index (χ0n) is 43.4. The number of hydrogen-bond donors (Lipinski definition) is 0. The van der Waals surface area contributed by atoms with Gasteiger partial charge in [0.05, 0.1) is 44.8 Å². The van der Waals surface area contributed by atoms with Crippen LogP contribution in [0.1, 0.15) is 78.8 Å². The van der Waals surface area contributed by atoms with Crippen molar-refractivity contribution in [3.63, 3.8) is 0 Å². The Morgan fingerprint density at radius 2 is 0.842 bits per heavy atom. The summed E-state index contributed by atoms with van der Waals surface area (Å²) in [7, 11) is 2.64. The molecule has 0 radical (unpaired) electrons. The van der Waals surface area contributed by atoms with Crippen molar-refractivity contribution in [1.29, 1.82) is 0 Å². The standard InChI is InChI=1S/C29H27NO4.C20H25NO5.C14H11ClO/c1-33-29(32)26-20-25(34-19-11-14-22-12-5-2-6-13-22)21-30(26)28(31)27(23-15-7-3-8-16-23)24-17-9-4-10-18-24;1-20(2,3)26-19(23)21-14-16(13-17(21)18(22)24-4)25-12-8-11-15-9-6-5-7-10-15;15-14(16)13(11-7-3-1-4-8-11)12-9-5-2-6-10-12/h2-10,12-13,15-18,25-27H,19-21H2,1H3;5-7,9-10,16-17H,12-14H2,1-4H3;1-10,13H/t25-,26-;16-,17-;/m00./s1. The van der Waals surface area contributed by atoms with Crippen LogP contribution in [0.5, 0.6) is 0 Å². The predicted molar refractivity (Wildman–Crippen MR) is 292 cm³/mol. The summed E-state index contributed by atoms with van der Waals surface area (Å²) in [6, 6.07) is 56.2. The first kappa shape index (κ1) is 57.3. The van der Waals surface area contributed by atoms with E-state index in [2.05, 4.69) is 23.7 Å². The van der Waals surface area contributed by atoms with E-state index in [1.165, 1.54) is 19.1 Å². The number of benzene rings is 6. The topological polar surface area (TPSA) is 138 Å². The fourth-order valence-corrected chi connectivity index (χ4v) is 8.89. The van der Waals surface area contributed by atoms with Crippen LogP contribution in [0, 0.1) is 23.7 Å². The molecule has 0 bridgehead atoms. The zero-order valence-corrected chi connectivity index (χ0v) is 44.1. The van der Waals surface area contributed by atoms with E-state index >= 15 is 0 Å². The first-order valence-electron chi connectivity index (χ1n) is 24.9. The molecule has 2 heterocycles. The van der Waals surface area contributed by atoms with Crippen molar-refractivity contribution >= 4 is 40.8 Å². The second-order valence-electron chi connectivity index (χ2n) is 18.7. The van der Waals surface area contributed by atoms with Gasteiger partial charge in [-0.3, -0.25) is 14.5 Å². The number of hydrogen-bond acceptors (Lipinski definition) is 10. The fourth-order valence-electron chi connectivity index (χ4n) is 8.64. The van der Waals surface area contributed by atoms with E-state index in [1.54, 1.807) is 25.7 Å². The number of amides is 2. The van der Waals surface area contributed by atoms with Crippen LogP contribution in [-0.4, -0.2) is 109 Å². The summed E-state index contributed by atoms with van der Waals surface area (Å²) in [5.74, 6) is 10.1. The Balaban J connectivity index is 0.000000197. The predicted octanol–water partition coefficient (Wildman–Crippen LogP) is 10.2. The SMILES string of the molecule is COC(=O)[C@@H]1C[C@H](OCC#Cc2ccccc2)CN1C(=O)C(c1ccccc1)c1ccccc1.COC(=O)[C@@H]1C[C@H](OCC#Cc2ccccc2)CN1C(=O)OC(C)(C)C.O=C(Cl)C(c1ccccc1)c1ccccc1. The Morgan fingerprint density at radius 3 is 1.18 bits per heavy atom. The minimum Gasteiger partial charge on any atom is -0.467 e. The highest BCUT2D eigenvalue weighted by molar-refractivity contribution is 6.65. The molecule has 0 saturated carbocycles. The van der Waals surface area contributed by atoms with Gasteiger partial charge >= 0.3 is 18.0 Å². The molecule has 12 nitrogen and oxygen atoms in total. The largest absolute Gasteiger partial charge is 0.467 e. The molecule has 4 atom stereocenters. The molecule has 0 spiro atoms. The van der Waals surface area contributed by atoms with E-state index in [0.29, 0.717) is 19.4 Å². The zero-order chi connectivity index (χ0) is 54.3. The fraction of sp³-hybridized carbons (Fsp3) is 0.286. The minimum atomic E-state index is -0.707. The molecule has 13 heteroatoms. The number of carbonyl (C=O) groups is 5. The van der Waals surface area contributed by atoms with Crippen LogP contribution in [0.25, 0.3) is 0 Å². The van der Waals surface area contributed by atoms with E-state index in [0.717, 1.165) is 33.4 Å². The Morgan fingerprint density at radius 1 is 0.513 bits per heavy atom. The maximum Gasteiger partial charge on any atom is 0.411 e. The molecule has 6 aromatic rings. The van der Waals surface area contributed by atoms with Gasteiger partial charge in [0.2, 0.25) is 11.1 Å². The first-order valence-corrected chi connectivity index (χ1v) is 25.3. The second kappa shape index (κ2) is 29.2. The summed E-state index contributed by atoms with van der Waals surface area (Å²) in [4.78, 5) is 65.3. The van der Waals surface area contributed by atoms with Crippen molar-refractivity contribution < 1.29 is 47.7 Å². The Labute approximate surface area is 451 Å². The van der Waals surface area contributed by atoms with E-state index in [4.69, 9.17) is 35.3 Å². The van der Waals surface area contributed by atoms with E-state index in [1.807, 2.05) is 182 Å². The minimum absolute atomic E-state index is 0.144. The van der Waals surface area contributed by atoms with Crippen molar-refractivity contribution in [2.75, 3.05) is 40.5 Å². The van der Waals surface area contributed by atoms with Gasteiger partial charge in [-0.1, -0.05) is 181 Å². The lowest BCUT2D eigenvalue weighted by molar-refractivity contribution is -0.151. The average molecular weight is 1040 g/mol. The number of nitrogens with zero attached hydrogens (tertiary/aromatic N) is 2. The van der Waals surface area contributed by atoms with E-state index in [-0.39, 0.29) is 49.0 Å². The van der Waals surface area contributed by atoms with Crippen molar-refractivity contribution in [2.45, 2.75) is 75.3 Å². The van der Waals surface area contributed by atoms with Crippen LogP contribution >= 0.6 is 11.6 Å². The summed E-state index contributed by atoms with van der Waals surface area (Å²) >= 11 is 5.67. The molecule has 2 aliphatic rings. The Hall–Kier alpha value is -8.00. The molecular formula is C63H63ClN2O10. The van der Waals surface area contributed by atoms with Crippen molar-refractivity contribution in [3.8, 4) is 23.7 Å². The summed E-state index contributed by atoms with van der Waals surface area (Å²) in [6.45, 7) is 6.35.